The summed E-state index contributed by atoms with van der Waals surface area (Å²) in [6.45, 7) is 6.52. The molecule has 1 heterocycles. The number of alkyl halides is 3. The second kappa shape index (κ2) is 9.91. The predicted molar refractivity (Wildman–Crippen MR) is 147 cm³/mol. The van der Waals surface area contributed by atoms with Gasteiger partial charge in [0.15, 0.2) is 5.78 Å². The number of fused-ring (bicyclic) bond motifs is 4. The Balaban J connectivity index is 1.47. The van der Waals surface area contributed by atoms with Gasteiger partial charge in [-0.2, -0.15) is 13.2 Å². The van der Waals surface area contributed by atoms with Crippen LogP contribution in [0.5, 0.6) is 0 Å². The van der Waals surface area contributed by atoms with Crippen molar-refractivity contribution in [2.75, 3.05) is 31.2 Å². The molecule has 7 heteroatoms. The highest BCUT2D eigenvalue weighted by Gasteiger charge is 2.65. The van der Waals surface area contributed by atoms with Gasteiger partial charge in [-0.05, 0) is 97.6 Å². The van der Waals surface area contributed by atoms with Crippen molar-refractivity contribution in [3.63, 3.8) is 0 Å². The molecule has 6 rings (SSSR count). The summed E-state index contributed by atoms with van der Waals surface area (Å²) < 4.78 is 45.6. The van der Waals surface area contributed by atoms with Crippen molar-refractivity contribution >= 4 is 17.3 Å². The summed E-state index contributed by atoms with van der Waals surface area (Å²) in [7, 11) is 0. The van der Waals surface area contributed by atoms with E-state index in [0.717, 1.165) is 42.8 Å². The fourth-order valence-electron chi connectivity index (χ4n) is 8.77. The Hall–Kier alpha value is -2.85. The minimum absolute atomic E-state index is 0.0404. The first-order chi connectivity index (χ1) is 19.0. The predicted octanol–water partition coefficient (Wildman–Crippen LogP) is 6.56. The molecule has 1 aromatic carbocycles. The van der Waals surface area contributed by atoms with Crippen LogP contribution in [0.3, 0.4) is 0 Å². The number of halogens is 3. The van der Waals surface area contributed by atoms with Crippen molar-refractivity contribution in [2.45, 2.75) is 70.9 Å². The molecule has 0 unspecified atom stereocenters. The second-order valence-corrected chi connectivity index (χ2v) is 12.4. The van der Waals surface area contributed by atoms with E-state index >= 15 is 0 Å². The average Bonchev–Trinajstić information content (AvgIpc) is 3.24. The molecule has 3 fully saturated rings. The van der Waals surface area contributed by atoms with E-state index in [4.69, 9.17) is 4.74 Å². The first-order valence-corrected chi connectivity index (χ1v) is 14.5. The lowest BCUT2D eigenvalue weighted by molar-refractivity contribution is -0.130. The number of carbonyl (C=O) groups excluding carboxylic acids is 2. The standard InChI is InChI=1S/C33H36F3NO3/c1-21(38)32(13-14-33(34,35)36)12-11-29-27-9-5-23-19-25(39)8-10-26(23)30(27)28(20-31(29,32)2)22-3-6-24(7-4-22)37-15-17-40-18-16-37/h3-4,6-7,19,27-29H,5,8-12,15-18,20H2,1-2H3/t27-,28+,29-,31-,32-/m0/s1. The Labute approximate surface area is 234 Å². The van der Waals surface area contributed by atoms with Gasteiger partial charge in [0, 0.05) is 37.0 Å². The molecule has 0 N–H and O–H groups in total. The van der Waals surface area contributed by atoms with Crippen molar-refractivity contribution in [3.05, 3.63) is 52.6 Å². The van der Waals surface area contributed by atoms with Gasteiger partial charge in [-0.1, -0.05) is 30.6 Å². The van der Waals surface area contributed by atoms with Crippen molar-refractivity contribution in [1.82, 2.24) is 0 Å². The van der Waals surface area contributed by atoms with Crippen LogP contribution in [0.1, 0.15) is 70.3 Å². The van der Waals surface area contributed by atoms with Crippen molar-refractivity contribution in [2.24, 2.45) is 22.7 Å². The summed E-state index contributed by atoms with van der Waals surface area (Å²) in [4.78, 5) is 27.9. The molecule has 4 aliphatic carbocycles. The highest BCUT2D eigenvalue weighted by molar-refractivity contribution is 5.93. The minimum atomic E-state index is -4.65. The number of anilines is 1. The Kier molecular flexibility index (Phi) is 6.77. The number of carbonyl (C=O) groups is 2. The number of nitrogens with zero attached hydrogens (tertiary/aromatic N) is 1. The SMILES string of the molecule is CC(=O)[C@@]1(C#CC(F)(F)F)CC[C@H]2[C@@H]3CCC4=CC(=O)CCC4=C3[C@@H](c3ccc(N4CCOCC4)cc3)C[C@@]21C. The van der Waals surface area contributed by atoms with Crippen LogP contribution in [-0.2, 0) is 14.3 Å². The molecule has 40 heavy (non-hydrogen) atoms. The maximum atomic E-state index is 13.4. The van der Waals surface area contributed by atoms with Gasteiger partial charge in [0.25, 0.3) is 0 Å². The third-order valence-corrected chi connectivity index (χ3v) is 10.6. The Bertz CT molecular complexity index is 1340. The molecular weight excluding hydrogens is 515 g/mol. The lowest BCUT2D eigenvalue weighted by Crippen LogP contribution is -2.50. The Morgan fingerprint density at radius 1 is 1.07 bits per heavy atom. The van der Waals surface area contributed by atoms with Crippen LogP contribution in [0.25, 0.3) is 0 Å². The summed E-state index contributed by atoms with van der Waals surface area (Å²) in [6, 6.07) is 8.58. The van der Waals surface area contributed by atoms with E-state index in [2.05, 4.69) is 35.1 Å². The molecule has 2 saturated carbocycles. The molecule has 1 aliphatic heterocycles. The summed E-state index contributed by atoms with van der Waals surface area (Å²) in [5, 5.41) is 0. The van der Waals surface area contributed by atoms with Crippen LogP contribution in [0.2, 0.25) is 0 Å². The maximum absolute atomic E-state index is 13.4. The van der Waals surface area contributed by atoms with Gasteiger partial charge in [-0.15, -0.1) is 0 Å². The Morgan fingerprint density at radius 3 is 2.48 bits per heavy atom. The third-order valence-electron chi connectivity index (χ3n) is 10.6. The second-order valence-electron chi connectivity index (χ2n) is 12.4. The van der Waals surface area contributed by atoms with Crippen molar-refractivity contribution in [1.29, 1.82) is 0 Å². The van der Waals surface area contributed by atoms with Gasteiger partial charge in [0.2, 0.25) is 0 Å². The lowest BCUT2D eigenvalue weighted by Gasteiger charge is -2.54. The summed E-state index contributed by atoms with van der Waals surface area (Å²) in [5.41, 5.74) is 4.00. The van der Waals surface area contributed by atoms with Crippen molar-refractivity contribution < 1.29 is 27.5 Å². The largest absolute Gasteiger partial charge is 0.457 e. The van der Waals surface area contributed by atoms with E-state index in [1.807, 2.05) is 13.0 Å². The number of ether oxygens (including phenoxy) is 1. The highest BCUT2D eigenvalue weighted by atomic mass is 19.4. The summed E-state index contributed by atoms with van der Waals surface area (Å²) in [5.74, 6) is 4.17. The molecule has 4 nitrogen and oxygen atoms in total. The normalized spacial score (nSPS) is 33.8. The van der Waals surface area contributed by atoms with E-state index in [1.54, 1.807) is 0 Å². The monoisotopic (exact) mass is 551 g/mol. The smallest absolute Gasteiger partial charge is 0.378 e. The van der Waals surface area contributed by atoms with Gasteiger partial charge in [0.05, 0.1) is 18.6 Å². The minimum Gasteiger partial charge on any atom is -0.378 e. The molecular formula is C33H36F3NO3. The van der Waals surface area contributed by atoms with E-state index in [-0.39, 0.29) is 29.3 Å². The number of ketones is 2. The molecule has 1 saturated heterocycles. The van der Waals surface area contributed by atoms with Gasteiger partial charge in [-0.3, -0.25) is 9.59 Å². The first kappa shape index (κ1) is 27.3. The van der Waals surface area contributed by atoms with Crippen LogP contribution in [0.4, 0.5) is 18.9 Å². The molecule has 0 aromatic heterocycles. The van der Waals surface area contributed by atoms with E-state index in [1.165, 1.54) is 24.0 Å². The van der Waals surface area contributed by atoms with Gasteiger partial charge in [-0.25, -0.2) is 0 Å². The Morgan fingerprint density at radius 2 is 1.80 bits per heavy atom. The van der Waals surface area contributed by atoms with Gasteiger partial charge in [0.1, 0.15) is 5.78 Å². The molecule has 5 aliphatic rings. The number of hydrogen-bond donors (Lipinski definition) is 0. The quantitative estimate of drug-likeness (QED) is 0.399. The molecule has 0 radical (unpaired) electrons. The molecule has 0 spiro atoms. The van der Waals surface area contributed by atoms with E-state index in [0.29, 0.717) is 45.3 Å². The van der Waals surface area contributed by atoms with E-state index in [9.17, 15) is 22.8 Å². The average molecular weight is 552 g/mol. The van der Waals surface area contributed by atoms with Crippen LogP contribution in [0.15, 0.2) is 47.1 Å². The number of rotatable bonds is 3. The van der Waals surface area contributed by atoms with Crippen LogP contribution in [-0.4, -0.2) is 44.0 Å². The fraction of sp³-hybridized carbons (Fsp3) is 0.576. The van der Waals surface area contributed by atoms with Gasteiger partial charge >= 0.3 is 6.18 Å². The maximum Gasteiger partial charge on any atom is 0.457 e. The zero-order valence-corrected chi connectivity index (χ0v) is 23.2. The number of hydrogen-bond acceptors (Lipinski definition) is 4. The first-order valence-electron chi connectivity index (χ1n) is 14.5. The third kappa shape index (κ3) is 4.43. The molecule has 5 atom stereocenters. The molecule has 0 amide bonds. The topological polar surface area (TPSA) is 46.6 Å². The number of allylic oxidation sites excluding steroid dienone is 4. The van der Waals surface area contributed by atoms with Crippen molar-refractivity contribution in [3.8, 4) is 11.8 Å². The fourth-order valence-corrected chi connectivity index (χ4v) is 8.77. The van der Waals surface area contributed by atoms with Crippen LogP contribution < -0.4 is 4.90 Å². The summed E-state index contributed by atoms with van der Waals surface area (Å²) >= 11 is 0. The molecule has 212 valence electrons. The zero-order chi connectivity index (χ0) is 28.3. The van der Waals surface area contributed by atoms with Crippen LogP contribution >= 0.6 is 0 Å². The van der Waals surface area contributed by atoms with E-state index < -0.39 is 17.0 Å². The molecule has 1 aromatic rings. The number of morpholine rings is 1. The molecule has 0 bridgehead atoms. The number of benzene rings is 1. The van der Waals surface area contributed by atoms with Crippen LogP contribution in [0, 0.1) is 34.5 Å². The highest BCUT2D eigenvalue weighted by Crippen LogP contribution is 2.69. The summed E-state index contributed by atoms with van der Waals surface area (Å²) in [6.07, 6.45) is 1.64. The zero-order valence-electron chi connectivity index (χ0n) is 23.2. The van der Waals surface area contributed by atoms with Gasteiger partial charge < -0.3 is 9.64 Å². The number of Topliss-reactive ketones (excluding diaryl/α,β-unsaturated/α-hetero) is 1. The lowest BCUT2D eigenvalue weighted by atomic mass is 9.48.